The first-order valence-corrected chi connectivity index (χ1v) is 6.84. The molecule has 0 saturated carbocycles. The fourth-order valence-electron chi connectivity index (χ4n) is 1.50. The zero-order valence-electron chi connectivity index (χ0n) is 12.7. The molecule has 1 aromatic heterocycles. The maximum Gasteiger partial charge on any atom is 0.410 e. The predicted octanol–water partition coefficient (Wildman–Crippen LogP) is 3.04. The molecule has 0 saturated heterocycles. The molecule has 1 heterocycles. The summed E-state index contributed by atoms with van der Waals surface area (Å²) in [4.78, 5) is 19.5. The van der Waals surface area contributed by atoms with Gasteiger partial charge in [-0.3, -0.25) is 0 Å². The fraction of sp³-hybridized carbons (Fsp3) is 0.571. The third-order valence-corrected chi connectivity index (χ3v) is 2.87. The molecule has 1 aromatic rings. The first kappa shape index (κ1) is 16.6. The van der Waals surface area contributed by atoms with Crippen molar-refractivity contribution in [3.05, 3.63) is 23.4 Å². The van der Waals surface area contributed by atoms with Crippen LogP contribution in [-0.2, 0) is 4.74 Å². The third-order valence-electron chi connectivity index (χ3n) is 2.58. The Morgan fingerprint density at radius 2 is 2.00 bits per heavy atom. The number of nitrogens with zero attached hydrogens (tertiary/aromatic N) is 3. The Kier molecular flexibility index (Phi) is 5.62. The van der Waals surface area contributed by atoms with Gasteiger partial charge in [0, 0.05) is 33.4 Å². The van der Waals surface area contributed by atoms with Crippen molar-refractivity contribution in [2.45, 2.75) is 26.4 Å². The molecule has 0 radical (unpaired) electrons. The van der Waals surface area contributed by atoms with Gasteiger partial charge >= 0.3 is 6.09 Å². The van der Waals surface area contributed by atoms with E-state index < -0.39 is 5.60 Å². The van der Waals surface area contributed by atoms with Gasteiger partial charge in [0.2, 0.25) is 0 Å². The molecule has 112 valence electrons. The zero-order chi connectivity index (χ0) is 15.3. The molecule has 0 unspecified atom stereocenters. The van der Waals surface area contributed by atoms with Gasteiger partial charge in [0.15, 0.2) is 0 Å². The summed E-state index contributed by atoms with van der Waals surface area (Å²) in [6.07, 6.45) is 1.35. The molecular formula is C14H22ClN3O2. The lowest BCUT2D eigenvalue weighted by Crippen LogP contribution is -2.38. The summed E-state index contributed by atoms with van der Waals surface area (Å²) in [7, 11) is 3.60. The minimum absolute atomic E-state index is 0.335. The SMILES string of the molecule is CN(CCN(C)c1ncccc1Cl)C(=O)OC(C)(C)C. The summed E-state index contributed by atoms with van der Waals surface area (Å²) < 4.78 is 5.29. The van der Waals surface area contributed by atoms with Gasteiger partial charge in [-0.25, -0.2) is 9.78 Å². The number of halogens is 1. The molecule has 1 rings (SSSR count). The Morgan fingerprint density at radius 3 is 2.55 bits per heavy atom. The topological polar surface area (TPSA) is 45.7 Å². The van der Waals surface area contributed by atoms with Crippen LogP contribution in [0.25, 0.3) is 0 Å². The summed E-state index contributed by atoms with van der Waals surface area (Å²) in [6.45, 7) is 6.68. The van der Waals surface area contributed by atoms with Crippen LogP contribution >= 0.6 is 11.6 Å². The Balaban J connectivity index is 2.51. The highest BCUT2D eigenvalue weighted by Gasteiger charge is 2.19. The van der Waals surface area contributed by atoms with E-state index in [1.165, 1.54) is 0 Å². The number of likely N-dealkylation sites (N-methyl/N-ethyl adjacent to an activating group) is 2. The van der Waals surface area contributed by atoms with Crippen molar-refractivity contribution in [2.24, 2.45) is 0 Å². The van der Waals surface area contributed by atoms with Gasteiger partial charge in [0.05, 0.1) is 5.02 Å². The van der Waals surface area contributed by atoms with Gasteiger partial charge in [0.25, 0.3) is 0 Å². The quantitative estimate of drug-likeness (QED) is 0.857. The van der Waals surface area contributed by atoms with Gasteiger partial charge in [0.1, 0.15) is 11.4 Å². The number of carbonyl (C=O) groups is 1. The second kappa shape index (κ2) is 6.79. The lowest BCUT2D eigenvalue weighted by Gasteiger charge is -2.26. The molecule has 6 heteroatoms. The van der Waals surface area contributed by atoms with Gasteiger partial charge < -0.3 is 14.5 Å². The van der Waals surface area contributed by atoms with E-state index in [0.29, 0.717) is 23.9 Å². The maximum atomic E-state index is 11.8. The standard InChI is InChI=1S/C14H22ClN3O2/c1-14(2,3)20-13(19)18(5)10-9-17(4)12-11(15)7-6-8-16-12/h6-8H,9-10H2,1-5H3. The van der Waals surface area contributed by atoms with Crippen molar-refractivity contribution in [3.63, 3.8) is 0 Å². The first-order valence-electron chi connectivity index (χ1n) is 6.46. The molecule has 5 nitrogen and oxygen atoms in total. The highest BCUT2D eigenvalue weighted by molar-refractivity contribution is 6.32. The number of hydrogen-bond acceptors (Lipinski definition) is 4. The van der Waals surface area contributed by atoms with Crippen LogP contribution in [0.1, 0.15) is 20.8 Å². The van der Waals surface area contributed by atoms with Gasteiger partial charge in [-0.05, 0) is 32.9 Å². The Morgan fingerprint density at radius 1 is 1.35 bits per heavy atom. The molecule has 1 amide bonds. The number of anilines is 1. The molecule has 0 fully saturated rings. The highest BCUT2D eigenvalue weighted by atomic mass is 35.5. The number of amides is 1. The van der Waals surface area contributed by atoms with Crippen LogP contribution in [0.4, 0.5) is 10.6 Å². The van der Waals surface area contributed by atoms with Crippen LogP contribution in [-0.4, -0.2) is 48.8 Å². The van der Waals surface area contributed by atoms with Crippen LogP contribution in [0.2, 0.25) is 5.02 Å². The number of hydrogen-bond donors (Lipinski definition) is 0. The fourth-order valence-corrected chi connectivity index (χ4v) is 1.76. The van der Waals surface area contributed by atoms with E-state index in [9.17, 15) is 4.79 Å². The Hall–Kier alpha value is -1.49. The van der Waals surface area contributed by atoms with Crippen molar-refractivity contribution in [1.29, 1.82) is 0 Å². The Bertz CT molecular complexity index is 460. The molecule has 20 heavy (non-hydrogen) atoms. The molecule has 0 aliphatic heterocycles. The third kappa shape index (κ3) is 5.25. The maximum absolute atomic E-state index is 11.8. The number of ether oxygens (including phenoxy) is 1. The van der Waals surface area contributed by atoms with E-state index in [2.05, 4.69) is 4.98 Å². The van der Waals surface area contributed by atoms with Crippen LogP contribution in [0.15, 0.2) is 18.3 Å². The average Bonchev–Trinajstić information content (AvgIpc) is 2.34. The number of rotatable bonds is 4. The summed E-state index contributed by atoms with van der Waals surface area (Å²) in [5, 5.41) is 0.593. The van der Waals surface area contributed by atoms with Crippen molar-refractivity contribution in [1.82, 2.24) is 9.88 Å². The molecule has 0 spiro atoms. The molecular weight excluding hydrogens is 278 g/mol. The number of aromatic nitrogens is 1. The minimum atomic E-state index is -0.485. The van der Waals surface area contributed by atoms with Crippen molar-refractivity contribution in [3.8, 4) is 0 Å². The van der Waals surface area contributed by atoms with Crippen molar-refractivity contribution >= 4 is 23.5 Å². The van der Waals surface area contributed by atoms with Gasteiger partial charge in [-0.15, -0.1) is 0 Å². The molecule has 0 atom stereocenters. The van der Waals surface area contributed by atoms with E-state index in [1.807, 2.05) is 32.7 Å². The Labute approximate surface area is 125 Å². The number of carbonyl (C=O) groups excluding carboxylic acids is 1. The molecule has 0 N–H and O–H groups in total. The molecule has 0 aliphatic carbocycles. The van der Waals surface area contributed by atoms with Crippen molar-refractivity contribution in [2.75, 3.05) is 32.1 Å². The molecule has 0 aromatic carbocycles. The van der Waals surface area contributed by atoms with E-state index in [-0.39, 0.29) is 6.09 Å². The summed E-state index contributed by atoms with van der Waals surface area (Å²) in [5.74, 6) is 0.701. The lowest BCUT2D eigenvalue weighted by molar-refractivity contribution is 0.0303. The van der Waals surface area contributed by atoms with E-state index in [0.717, 1.165) is 0 Å². The average molecular weight is 300 g/mol. The van der Waals surface area contributed by atoms with E-state index >= 15 is 0 Å². The van der Waals surface area contributed by atoms with E-state index in [4.69, 9.17) is 16.3 Å². The summed E-state index contributed by atoms with van der Waals surface area (Å²) in [5.41, 5.74) is -0.485. The van der Waals surface area contributed by atoms with Crippen LogP contribution in [0.3, 0.4) is 0 Å². The van der Waals surface area contributed by atoms with Crippen LogP contribution < -0.4 is 4.90 Å². The van der Waals surface area contributed by atoms with Crippen molar-refractivity contribution < 1.29 is 9.53 Å². The number of pyridine rings is 1. The predicted molar refractivity (Wildman–Crippen MR) is 81.4 cm³/mol. The smallest absolute Gasteiger partial charge is 0.410 e. The normalized spacial score (nSPS) is 11.1. The minimum Gasteiger partial charge on any atom is -0.444 e. The molecule has 0 bridgehead atoms. The highest BCUT2D eigenvalue weighted by Crippen LogP contribution is 2.20. The monoisotopic (exact) mass is 299 g/mol. The van der Waals surface area contributed by atoms with Gasteiger partial charge in [-0.1, -0.05) is 11.6 Å². The summed E-state index contributed by atoms with van der Waals surface area (Å²) >= 11 is 6.07. The first-order chi connectivity index (χ1) is 9.20. The van der Waals surface area contributed by atoms with Crippen LogP contribution in [0.5, 0.6) is 0 Å². The lowest BCUT2D eigenvalue weighted by atomic mass is 10.2. The van der Waals surface area contributed by atoms with Gasteiger partial charge in [-0.2, -0.15) is 0 Å². The van der Waals surface area contributed by atoms with Crippen LogP contribution in [0, 0.1) is 0 Å². The zero-order valence-corrected chi connectivity index (χ0v) is 13.4. The molecule has 0 aliphatic rings. The van der Waals surface area contributed by atoms with E-state index in [1.54, 1.807) is 30.3 Å². The largest absolute Gasteiger partial charge is 0.444 e. The second-order valence-electron chi connectivity index (χ2n) is 5.63. The summed E-state index contributed by atoms with van der Waals surface area (Å²) in [6, 6.07) is 3.57. The second-order valence-corrected chi connectivity index (χ2v) is 6.04.